The van der Waals surface area contributed by atoms with E-state index in [4.69, 9.17) is 5.73 Å². The van der Waals surface area contributed by atoms with Gasteiger partial charge in [-0.3, -0.25) is 14.9 Å². The van der Waals surface area contributed by atoms with Gasteiger partial charge in [0.15, 0.2) is 0 Å². The van der Waals surface area contributed by atoms with Crippen molar-refractivity contribution in [2.75, 3.05) is 31.1 Å². The molecule has 0 spiro atoms. The van der Waals surface area contributed by atoms with Crippen LogP contribution in [-0.2, 0) is 4.79 Å². The molecule has 0 radical (unpaired) electrons. The molecule has 2 rings (SSSR count). The van der Waals surface area contributed by atoms with E-state index in [-0.39, 0.29) is 16.5 Å². The maximum absolute atomic E-state index is 12.0. The van der Waals surface area contributed by atoms with Crippen LogP contribution in [0.4, 0.5) is 11.4 Å². The van der Waals surface area contributed by atoms with E-state index in [1.807, 2.05) is 11.8 Å². The second-order valence-electron chi connectivity index (χ2n) is 5.07. The van der Waals surface area contributed by atoms with Crippen LogP contribution < -0.4 is 10.6 Å². The highest BCUT2D eigenvalue weighted by Gasteiger charge is 2.27. The quantitative estimate of drug-likeness (QED) is 0.659. The lowest BCUT2D eigenvalue weighted by molar-refractivity contribution is -0.384. The molecule has 1 saturated heterocycles. The van der Waals surface area contributed by atoms with E-state index in [0.717, 1.165) is 0 Å². The number of nitrogens with zero attached hydrogens (tertiary/aromatic N) is 3. The highest BCUT2D eigenvalue weighted by atomic mass is 16.6. The van der Waals surface area contributed by atoms with E-state index in [9.17, 15) is 14.9 Å². The predicted octanol–water partition coefficient (Wildman–Crippen LogP) is 0.981. The highest BCUT2D eigenvalue weighted by molar-refractivity contribution is 5.82. The standard InChI is InChI=1S/C14H20N4O3/c1-2-11(15)14(19)17-9-7-16(8-10-17)12-5-3-4-6-13(12)18(20)21/h3-6,11H,2,7-10,15H2,1H3/t11-/m0/s1. The third kappa shape index (κ3) is 3.30. The molecule has 21 heavy (non-hydrogen) atoms. The Bertz CT molecular complexity index is 527. The van der Waals surface area contributed by atoms with E-state index >= 15 is 0 Å². The van der Waals surface area contributed by atoms with Crippen LogP contribution in [0.2, 0.25) is 0 Å². The first-order chi connectivity index (χ1) is 10.0. The van der Waals surface area contributed by atoms with E-state index < -0.39 is 6.04 Å². The molecule has 114 valence electrons. The van der Waals surface area contributed by atoms with Gasteiger partial charge < -0.3 is 15.5 Å². The molecule has 7 heteroatoms. The number of anilines is 1. The first-order valence-electron chi connectivity index (χ1n) is 7.07. The van der Waals surface area contributed by atoms with Crippen LogP contribution in [0, 0.1) is 10.1 Å². The average molecular weight is 292 g/mol. The summed E-state index contributed by atoms with van der Waals surface area (Å²) >= 11 is 0. The summed E-state index contributed by atoms with van der Waals surface area (Å²) in [6.45, 7) is 4.11. The van der Waals surface area contributed by atoms with Gasteiger partial charge in [0.25, 0.3) is 5.69 Å². The summed E-state index contributed by atoms with van der Waals surface area (Å²) in [6.07, 6.45) is 0.614. The Balaban J connectivity index is 2.05. The van der Waals surface area contributed by atoms with Gasteiger partial charge in [0.1, 0.15) is 5.69 Å². The topological polar surface area (TPSA) is 92.7 Å². The Hall–Kier alpha value is -2.15. The number of para-hydroxylation sites is 2. The van der Waals surface area contributed by atoms with Gasteiger partial charge >= 0.3 is 0 Å². The number of piperazine rings is 1. The zero-order valence-electron chi connectivity index (χ0n) is 12.1. The summed E-state index contributed by atoms with van der Waals surface area (Å²) < 4.78 is 0. The molecule has 7 nitrogen and oxygen atoms in total. The van der Waals surface area contributed by atoms with Crippen LogP contribution in [0.25, 0.3) is 0 Å². The smallest absolute Gasteiger partial charge is 0.292 e. The summed E-state index contributed by atoms with van der Waals surface area (Å²) in [5.41, 5.74) is 6.47. The van der Waals surface area contributed by atoms with Crippen molar-refractivity contribution in [1.29, 1.82) is 0 Å². The van der Waals surface area contributed by atoms with Crippen molar-refractivity contribution < 1.29 is 9.72 Å². The fraction of sp³-hybridized carbons (Fsp3) is 0.500. The molecule has 1 atom stereocenters. The van der Waals surface area contributed by atoms with Crippen LogP contribution in [0.1, 0.15) is 13.3 Å². The van der Waals surface area contributed by atoms with Gasteiger partial charge in [0, 0.05) is 32.2 Å². The molecule has 1 amide bonds. The molecular formula is C14H20N4O3. The molecule has 1 fully saturated rings. The fourth-order valence-electron chi connectivity index (χ4n) is 2.46. The van der Waals surface area contributed by atoms with E-state index in [2.05, 4.69) is 0 Å². The Morgan fingerprint density at radius 2 is 1.95 bits per heavy atom. The van der Waals surface area contributed by atoms with Crippen molar-refractivity contribution in [1.82, 2.24) is 4.90 Å². The molecule has 0 unspecified atom stereocenters. The molecule has 0 aromatic heterocycles. The minimum atomic E-state index is -0.456. The summed E-state index contributed by atoms with van der Waals surface area (Å²) in [6, 6.07) is 6.23. The molecule has 0 aliphatic carbocycles. The summed E-state index contributed by atoms with van der Waals surface area (Å²) in [5.74, 6) is -0.0419. The number of nitro groups is 1. The number of rotatable bonds is 4. The van der Waals surface area contributed by atoms with Gasteiger partial charge in [-0.15, -0.1) is 0 Å². The van der Waals surface area contributed by atoms with Gasteiger partial charge in [0.2, 0.25) is 5.91 Å². The van der Waals surface area contributed by atoms with E-state index in [1.165, 1.54) is 6.07 Å². The number of nitrogens with two attached hydrogens (primary N) is 1. The number of carbonyl (C=O) groups is 1. The van der Waals surface area contributed by atoms with Gasteiger partial charge in [0.05, 0.1) is 11.0 Å². The highest BCUT2D eigenvalue weighted by Crippen LogP contribution is 2.28. The van der Waals surface area contributed by atoms with E-state index in [0.29, 0.717) is 38.3 Å². The van der Waals surface area contributed by atoms with Crippen LogP contribution in [0.15, 0.2) is 24.3 Å². The summed E-state index contributed by atoms with van der Waals surface area (Å²) in [4.78, 5) is 26.4. The Labute approximate surface area is 123 Å². The lowest BCUT2D eigenvalue weighted by Crippen LogP contribution is -2.53. The number of amides is 1. The molecule has 1 aromatic carbocycles. The first kappa shape index (κ1) is 15.2. The lowest BCUT2D eigenvalue weighted by Gasteiger charge is -2.36. The molecule has 2 N–H and O–H groups in total. The van der Waals surface area contributed by atoms with Crippen molar-refractivity contribution in [3.05, 3.63) is 34.4 Å². The molecular weight excluding hydrogens is 272 g/mol. The Kier molecular flexibility index (Phi) is 4.74. The first-order valence-corrected chi connectivity index (χ1v) is 7.07. The monoisotopic (exact) mass is 292 g/mol. The van der Waals surface area contributed by atoms with Crippen LogP contribution in [0.3, 0.4) is 0 Å². The number of carbonyl (C=O) groups excluding carboxylic acids is 1. The van der Waals surface area contributed by atoms with Crippen molar-refractivity contribution in [2.24, 2.45) is 5.73 Å². The van der Waals surface area contributed by atoms with Crippen LogP contribution >= 0.6 is 0 Å². The van der Waals surface area contributed by atoms with Crippen molar-refractivity contribution in [2.45, 2.75) is 19.4 Å². The van der Waals surface area contributed by atoms with Crippen LogP contribution in [-0.4, -0.2) is 48.0 Å². The van der Waals surface area contributed by atoms with Crippen molar-refractivity contribution >= 4 is 17.3 Å². The van der Waals surface area contributed by atoms with Gasteiger partial charge in [-0.05, 0) is 12.5 Å². The number of benzene rings is 1. The molecule has 1 aliphatic heterocycles. The zero-order chi connectivity index (χ0) is 15.4. The summed E-state index contributed by atoms with van der Waals surface area (Å²) in [5, 5.41) is 11.1. The number of nitro benzene ring substituents is 1. The second-order valence-corrected chi connectivity index (χ2v) is 5.07. The minimum Gasteiger partial charge on any atom is -0.362 e. The third-order valence-electron chi connectivity index (χ3n) is 3.77. The predicted molar refractivity (Wildman–Crippen MR) is 80.2 cm³/mol. The maximum atomic E-state index is 12.0. The second kappa shape index (κ2) is 6.53. The molecule has 0 saturated carbocycles. The lowest BCUT2D eigenvalue weighted by atomic mass is 10.1. The number of hydrogen-bond acceptors (Lipinski definition) is 5. The molecule has 1 aliphatic rings. The Morgan fingerprint density at radius 3 is 2.52 bits per heavy atom. The Morgan fingerprint density at radius 1 is 1.33 bits per heavy atom. The SMILES string of the molecule is CC[C@H](N)C(=O)N1CCN(c2ccccc2[N+](=O)[O-])CC1. The maximum Gasteiger partial charge on any atom is 0.292 e. The van der Waals surface area contributed by atoms with Crippen LogP contribution in [0.5, 0.6) is 0 Å². The number of hydrogen-bond donors (Lipinski definition) is 1. The van der Waals surface area contributed by atoms with Gasteiger partial charge in [-0.1, -0.05) is 19.1 Å². The zero-order valence-corrected chi connectivity index (χ0v) is 12.1. The minimum absolute atomic E-state index is 0.0419. The van der Waals surface area contributed by atoms with Crippen molar-refractivity contribution in [3.8, 4) is 0 Å². The molecule has 1 aromatic rings. The molecule has 1 heterocycles. The normalized spacial score (nSPS) is 16.7. The van der Waals surface area contributed by atoms with Crippen molar-refractivity contribution in [3.63, 3.8) is 0 Å². The van der Waals surface area contributed by atoms with Gasteiger partial charge in [-0.2, -0.15) is 0 Å². The molecule has 0 bridgehead atoms. The fourth-order valence-corrected chi connectivity index (χ4v) is 2.46. The van der Waals surface area contributed by atoms with E-state index in [1.54, 1.807) is 23.1 Å². The third-order valence-corrected chi connectivity index (χ3v) is 3.77. The van der Waals surface area contributed by atoms with Gasteiger partial charge in [-0.25, -0.2) is 0 Å². The summed E-state index contributed by atoms with van der Waals surface area (Å²) in [7, 11) is 0. The largest absolute Gasteiger partial charge is 0.362 e. The average Bonchev–Trinajstić information content (AvgIpc) is 2.53.